The van der Waals surface area contributed by atoms with Crippen molar-refractivity contribution >= 4 is 29.2 Å². The molecule has 2 fully saturated rings. The minimum Gasteiger partial charge on any atom is -0.475 e. The molecular weight excluding hydrogens is 534 g/mol. The van der Waals surface area contributed by atoms with E-state index in [1.165, 1.54) is 17.8 Å². The minimum absolute atomic E-state index is 0.285. The second-order valence-electron chi connectivity index (χ2n) is 7.96. The normalized spacial score (nSPS) is 21.5. The summed E-state index contributed by atoms with van der Waals surface area (Å²) in [7, 11) is 0. The lowest BCUT2D eigenvalue weighted by atomic mass is 9.84. The fourth-order valence-corrected chi connectivity index (χ4v) is 4.47. The van der Waals surface area contributed by atoms with E-state index in [9.17, 15) is 26.3 Å². The van der Waals surface area contributed by atoms with Crippen LogP contribution in [-0.2, 0) is 20.9 Å². The molecule has 0 saturated carbocycles. The smallest absolute Gasteiger partial charge is 0.475 e. The molecule has 9 nitrogen and oxygen atoms in total. The van der Waals surface area contributed by atoms with E-state index in [1.54, 1.807) is 12.4 Å². The number of hydrogen-bond donors (Lipinski definition) is 3. The SMILES string of the molecule is O=C(O)C(F)(F)F.O=C(O)C(F)(F)F.c1cnc(NC[C@@H]2OC[C@H]3CN(Cc4cccs4)CC[C@H]32)nc1. The van der Waals surface area contributed by atoms with Crippen LogP contribution in [0.4, 0.5) is 32.3 Å². The molecule has 37 heavy (non-hydrogen) atoms. The van der Waals surface area contributed by atoms with Gasteiger partial charge in [-0.05, 0) is 36.4 Å². The van der Waals surface area contributed by atoms with Crippen molar-refractivity contribution in [3.05, 3.63) is 40.8 Å². The molecule has 0 unspecified atom stereocenters. The van der Waals surface area contributed by atoms with Gasteiger partial charge in [0.05, 0.1) is 12.7 Å². The summed E-state index contributed by atoms with van der Waals surface area (Å²) in [4.78, 5) is 30.3. The molecular formula is C21H24F6N4O5S. The van der Waals surface area contributed by atoms with Gasteiger partial charge in [0, 0.05) is 42.8 Å². The van der Waals surface area contributed by atoms with Gasteiger partial charge in [-0.15, -0.1) is 11.3 Å². The molecule has 0 amide bonds. The number of anilines is 1. The van der Waals surface area contributed by atoms with Gasteiger partial charge in [0.15, 0.2) is 0 Å². The number of nitrogens with zero attached hydrogens (tertiary/aromatic N) is 3. The molecule has 3 atom stereocenters. The second-order valence-corrected chi connectivity index (χ2v) is 8.99. The van der Waals surface area contributed by atoms with Crippen molar-refractivity contribution in [1.82, 2.24) is 14.9 Å². The zero-order valence-corrected chi connectivity index (χ0v) is 19.9. The first-order valence-electron chi connectivity index (χ1n) is 10.7. The number of piperidine rings is 1. The second kappa shape index (κ2) is 13.5. The molecule has 4 heterocycles. The van der Waals surface area contributed by atoms with Crippen molar-refractivity contribution < 1.29 is 50.9 Å². The van der Waals surface area contributed by atoms with E-state index < -0.39 is 24.3 Å². The van der Waals surface area contributed by atoms with Crippen molar-refractivity contribution in [3.63, 3.8) is 0 Å². The number of carboxylic acids is 2. The summed E-state index contributed by atoms with van der Waals surface area (Å²) in [5, 5.41) is 19.7. The Hall–Kier alpha value is -2.98. The highest BCUT2D eigenvalue weighted by atomic mass is 32.1. The van der Waals surface area contributed by atoms with Gasteiger partial charge in [0.25, 0.3) is 0 Å². The van der Waals surface area contributed by atoms with Crippen LogP contribution in [0.1, 0.15) is 11.3 Å². The number of carbonyl (C=O) groups is 2. The number of likely N-dealkylation sites (tertiary alicyclic amines) is 1. The van der Waals surface area contributed by atoms with Crippen LogP contribution in [0, 0.1) is 11.8 Å². The van der Waals surface area contributed by atoms with E-state index in [0.717, 1.165) is 26.2 Å². The first-order chi connectivity index (χ1) is 17.3. The lowest BCUT2D eigenvalue weighted by Crippen LogP contribution is -2.42. The van der Waals surface area contributed by atoms with Gasteiger partial charge in [-0.2, -0.15) is 26.3 Å². The lowest BCUT2D eigenvalue weighted by Gasteiger charge is -2.35. The molecule has 4 rings (SSSR count). The van der Waals surface area contributed by atoms with E-state index in [-0.39, 0.29) is 6.10 Å². The molecule has 0 spiro atoms. The monoisotopic (exact) mass is 558 g/mol. The maximum atomic E-state index is 10.6. The maximum absolute atomic E-state index is 10.6. The van der Waals surface area contributed by atoms with Crippen molar-refractivity contribution in [1.29, 1.82) is 0 Å². The van der Waals surface area contributed by atoms with Crippen molar-refractivity contribution in [3.8, 4) is 0 Å². The predicted molar refractivity (Wildman–Crippen MR) is 119 cm³/mol. The molecule has 2 aromatic rings. The van der Waals surface area contributed by atoms with Crippen LogP contribution in [0.25, 0.3) is 0 Å². The summed E-state index contributed by atoms with van der Waals surface area (Å²) in [6.07, 6.45) is -5.14. The summed E-state index contributed by atoms with van der Waals surface area (Å²) in [5.74, 6) is -3.51. The third-order valence-electron chi connectivity index (χ3n) is 5.35. The van der Waals surface area contributed by atoms with E-state index in [2.05, 4.69) is 37.7 Å². The van der Waals surface area contributed by atoms with Gasteiger partial charge in [-0.3, -0.25) is 4.90 Å². The number of carboxylic acid groups (broad SMARTS) is 2. The molecule has 0 aliphatic carbocycles. The first kappa shape index (κ1) is 30.2. The van der Waals surface area contributed by atoms with Gasteiger partial charge in [0.2, 0.25) is 5.95 Å². The Morgan fingerprint density at radius 1 is 1.08 bits per heavy atom. The first-order valence-corrected chi connectivity index (χ1v) is 11.6. The number of aliphatic carboxylic acids is 2. The number of rotatable bonds is 5. The standard InChI is InChI=1S/C17H22N4OS.2C2HF3O2/c1-3-14(23-8-1)11-21-7-4-15-13(10-21)12-22-16(15)9-20-17-18-5-2-6-19-17;2*3-2(4,5)1(6)7/h1-3,5-6,8,13,15-16H,4,7,9-12H2,(H,18,19,20);2*(H,6,7)/t13-,15-,16+;;/m1../s1. The summed E-state index contributed by atoms with van der Waals surface area (Å²) >= 11 is 1.85. The number of ether oxygens (including phenoxy) is 1. The molecule has 0 radical (unpaired) electrons. The van der Waals surface area contributed by atoms with Crippen LogP contribution in [0.5, 0.6) is 0 Å². The van der Waals surface area contributed by atoms with Gasteiger partial charge in [-0.25, -0.2) is 19.6 Å². The number of aromatic nitrogens is 2. The molecule has 0 bridgehead atoms. The van der Waals surface area contributed by atoms with Crippen molar-refractivity contribution in [2.45, 2.75) is 31.4 Å². The molecule has 2 aromatic heterocycles. The van der Waals surface area contributed by atoms with E-state index in [1.807, 2.05) is 17.4 Å². The number of nitrogens with one attached hydrogen (secondary N) is 1. The Balaban J connectivity index is 0.000000286. The predicted octanol–water partition coefficient (Wildman–Crippen LogP) is 3.75. The number of hydrogen-bond acceptors (Lipinski definition) is 8. The van der Waals surface area contributed by atoms with Crippen molar-refractivity contribution in [2.75, 3.05) is 31.6 Å². The zero-order valence-electron chi connectivity index (χ0n) is 19.1. The lowest BCUT2D eigenvalue weighted by molar-refractivity contribution is -0.193. The number of halogens is 6. The molecule has 2 aliphatic rings. The summed E-state index contributed by atoms with van der Waals surface area (Å²) in [6, 6.07) is 6.20. The Morgan fingerprint density at radius 3 is 2.19 bits per heavy atom. The van der Waals surface area contributed by atoms with Crippen LogP contribution in [-0.4, -0.2) is 81.7 Å². The van der Waals surface area contributed by atoms with Gasteiger partial charge >= 0.3 is 24.3 Å². The summed E-state index contributed by atoms with van der Waals surface area (Å²) in [6.45, 7) is 5.09. The van der Waals surface area contributed by atoms with E-state index in [4.69, 9.17) is 24.5 Å². The Labute approximate surface area is 211 Å². The van der Waals surface area contributed by atoms with Gasteiger partial charge in [-0.1, -0.05) is 6.07 Å². The highest BCUT2D eigenvalue weighted by Gasteiger charge is 2.41. The number of alkyl halides is 6. The summed E-state index contributed by atoms with van der Waals surface area (Å²) < 4.78 is 69.5. The topological polar surface area (TPSA) is 125 Å². The Bertz CT molecular complexity index is 954. The summed E-state index contributed by atoms with van der Waals surface area (Å²) in [5.41, 5.74) is 0. The molecule has 206 valence electrons. The largest absolute Gasteiger partial charge is 0.490 e. The molecule has 16 heteroatoms. The zero-order chi connectivity index (χ0) is 27.6. The molecule has 0 aromatic carbocycles. The maximum Gasteiger partial charge on any atom is 0.490 e. The average molecular weight is 559 g/mol. The average Bonchev–Trinajstić information content (AvgIpc) is 3.47. The highest BCUT2D eigenvalue weighted by Crippen LogP contribution is 2.35. The Morgan fingerprint density at radius 2 is 1.68 bits per heavy atom. The molecule has 2 saturated heterocycles. The molecule has 3 N–H and O–H groups in total. The highest BCUT2D eigenvalue weighted by molar-refractivity contribution is 7.09. The third-order valence-corrected chi connectivity index (χ3v) is 6.21. The van der Waals surface area contributed by atoms with Crippen LogP contribution in [0.15, 0.2) is 36.0 Å². The fraction of sp³-hybridized carbons (Fsp3) is 0.524. The van der Waals surface area contributed by atoms with Crippen LogP contribution in [0.2, 0.25) is 0 Å². The van der Waals surface area contributed by atoms with E-state index >= 15 is 0 Å². The van der Waals surface area contributed by atoms with Crippen LogP contribution < -0.4 is 5.32 Å². The van der Waals surface area contributed by atoms with E-state index in [0.29, 0.717) is 17.8 Å². The van der Waals surface area contributed by atoms with Crippen LogP contribution >= 0.6 is 11.3 Å². The minimum atomic E-state index is -5.08. The fourth-order valence-electron chi connectivity index (χ4n) is 3.72. The van der Waals surface area contributed by atoms with Crippen LogP contribution in [0.3, 0.4) is 0 Å². The molecule has 2 aliphatic heterocycles. The third kappa shape index (κ3) is 10.5. The number of thiophene rings is 1. The van der Waals surface area contributed by atoms with Gasteiger partial charge in [0.1, 0.15) is 0 Å². The Kier molecular flexibility index (Phi) is 11.1. The number of fused-ring (bicyclic) bond motifs is 1. The van der Waals surface area contributed by atoms with Crippen molar-refractivity contribution in [2.24, 2.45) is 11.8 Å². The quantitative estimate of drug-likeness (QED) is 0.471. The van der Waals surface area contributed by atoms with Gasteiger partial charge < -0.3 is 20.3 Å².